The highest BCUT2D eigenvalue weighted by atomic mass is 19.1. The second-order valence-electron chi connectivity index (χ2n) is 9.15. The third-order valence-corrected chi connectivity index (χ3v) is 6.67. The number of carbonyl (C=O) groups excluding carboxylic acids is 1. The summed E-state index contributed by atoms with van der Waals surface area (Å²) in [5.74, 6) is -1.82. The SMILES string of the molecule is C=CC(=O)Nc1cccc(-n2ccc(=O)c3cnc(Nc4ccc(N5CCN(CCO)CC5)cc4F)nc32)c1F. The number of aromatic nitrogens is 3. The van der Waals surface area contributed by atoms with Crippen molar-refractivity contribution in [1.82, 2.24) is 19.4 Å². The molecule has 1 saturated heterocycles. The van der Waals surface area contributed by atoms with E-state index in [1.54, 1.807) is 18.2 Å². The van der Waals surface area contributed by atoms with E-state index in [-0.39, 0.29) is 46.1 Å². The molecule has 10 nitrogen and oxygen atoms in total. The van der Waals surface area contributed by atoms with Crippen LogP contribution in [0, 0.1) is 11.6 Å². The number of hydrogen-bond donors (Lipinski definition) is 3. The Morgan fingerprint density at radius 3 is 2.62 bits per heavy atom. The predicted octanol–water partition coefficient (Wildman–Crippen LogP) is 3.04. The highest BCUT2D eigenvalue weighted by molar-refractivity contribution is 5.99. The number of aliphatic hydroxyl groups is 1. The summed E-state index contributed by atoms with van der Waals surface area (Å²) in [6, 6.07) is 10.5. The summed E-state index contributed by atoms with van der Waals surface area (Å²) in [5, 5.41) is 14.5. The van der Waals surface area contributed by atoms with Crippen LogP contribution in [0.15, 0.2) is 72.3 Å². The van der Waals surface area contributed by atoms with Crippen LogP contribution in [-0.4, -0.2) is 69.8 Å². The number of anilines is 4. The van der Waals surface area contributed by atoms with Gasteiger partial charge in [-0.25, -0.2) is 13.8 Å². The van der Waals surface area contributed by atoms with Gasteiger partial charge in [0.05, 0.1) is 29.1 Å². The van der Waals surface area contributed by atoms with E-state index < -0.39 is 17.5 Å². The fraction of sp³-hybridized carbons (Fsp3) is 0.214. The summed E-state index contributed by atoms with van der Waals surface area (Å²) < 4.78 is 31.8. The number of nitrogens with one attached hydrogen (secondary N) is 2. The van der Waals surface area contributed by atoms with Crippen LogP contribution >= 0.6 is 0 Å². The van der Waals surface area contributed by atoms with E-state index in [4.69, 9.17) is 5.11 Å². The smallest absolute Gasteiger partial charge is 0.247 e. The van der Waals surface area contributed by atoms with Crippen molar-refractivity contribution in [2.75, 3.05) is 54.9 Å². The molecule has 1 amide bonds. The molecule has 206 valence electrons. The number of piperazine rings is 1. The second kappa shape index (κ2) is 11.6. The maximum Gasteiger partial charge on any atom is 0.247 e. The third-order valence-electron chi connectivity index (χ3n) is 6.67. The van der Waals surface area contributed by atoms with Gasteiger partial charge in [-0.3, -0.25) is 19.1 Å². The number of aliphatic hydroxyl groups excluding tert-OH is 1. The van der Waals surface area contributed by atoms with Crippen LogP contribution in [0.5, 0.6) is 0 Å². The minimum absolute atomic E-state index is 0.00707. The first-order chi connectivity index (χ1) is 19.4. The molecule has 40 heavy (non-hydrogen) atoms. The Hall–Kier alpha value is -4.68. The zero-order chi connectivity index (χ0) is 28.2. The number of carbonyl (C=O) groups is 1. The molecule has 0 unspecified atom stereocenters. The summed E-state index contributed by atoms with van der Waals surface area (Å²) >= 11 is 0. The molecule has 0 spiro atoms. The van der Waals surface area contributed by atoms with Gasteiger partial charge in [0.2, 0.25) is 11.9 Å². The lowest BCUT2D eigenvalue weighted by atomic mass is 10.2. The van der Waals surface area contributed by atoms with Crippen LogP contribution in [0.3, 0.4) is 0 Å². The highest BCUT2D eigenvalue weighted by Gasteiger charge is 2.19. The predicted molar refractivity (Wildman–Crippen MR) is 149 cm³/mol. The fourth-order valence-electron chi connectivity index (χ4n) is 4.57. The van der Waals surface area contributed by atoms with E-state index in [2.05, 4.69) is 37.0 Å². The first-order valence-electron chi connectivity index (χ1n) is 12.6. The number of amides is 1. The lowest BCUT2D eigenvalue weighted by molar-refractivity contribution is -0.111. The summed E-state index contributed by atoms with van der Waals surface area (Å²) in [4.78, 5) is 37.0. The molecule has 2 aromatic heterocycles. The van der Waals surface area contributed by atoms with Crippen LogP contribution in [0.1, 0.15) is 0 Å². The van der Waals surface area contributed by atoms with Crippen molar-refractivity contribution >= 4 is 40.0 Å². The minimum Gasteiger partial charge on any atom is -0.395 e. The van der Waals surface area contributed by atoms with Crippen molar-refractivity contribution in [3.8, 4) is 5.69 Å². The molecule has 1 aliphatic rings. The lowest BCUT2D eigenvalue weighted by Gasteiger charge is -2.35. The lowest BCUT2D eigenvalue weighted by Crippen LogP contribution is -2.47. The molecule has 12 heteroatoms. The topological polar surface area (TPSA) is 116 Å². The van der Waals surface area contributed by atoms with Crippen molar-refractivity contribution < 1.29 is 18.7 Å². The van der Waals surface area contributed by atoms with Gasteiger partial charge < -0.3 is 20.6 Å². The molecule has 2 aromatic carbocycles. The van der Waals surface area contributed by atoms with Crippen molar-refractivity contribution in [2.45, 2.75) is 0 Å². The van der Waals surface area contributed by atoms with Crippen molar-refractivity contribution in [3.63, 3.8) is 0 Å². The van der Waals surface area contributed by atoms with Crippen LogP contribution < -0.4 is 21.0 Å². The average Bonchev–Trinajstić information content (AvgIpc) is 2.96. The van der Waals surface area contributed by atoms with E-state index in [1.807, 2.05) is 0 Å². The number of nitrogens with zero attached hydrogens (tertiary/aromatic N) is 5. The molecular weight excluding hydrogens is 520 g/mol. The van der Waals surface area contributed by atoms with Gasteiger partial charge in [0.25, 0.3) is 0 Å². The summed E-state index contributed by atoms with van der Waals surface area (Å²) in [7, 11) is 0. The molecule has 0 radical (unpaired) electrons. The zero-order valence-corrected chi connectivity index (χ0v) is 21.5. The van der Waals surface area contributed by atoms with Crippen LogP contribution in [-0.2, 0) is 4.79 Å². The highest BCUT2D eigenvalue weighted by Crippen LogP contribution is 2.27. The van der Waals surface area contributed by atoms with Crippen LogP contribution in [0.2, 0.25) is 0 Å². The van der Waals surface area contributed by atoms with E-state index in [0.29, 0.717) is 19.6 Å². The van der Waals surface area contributed by atoms with E-state index in [9.17, 15) is 9.59 Å². The first kappa shape index (κ1) is 26.9. The molecule has 0 atom stereocenters. The van der Waals surface area contributed by atoms with Gasteiger partial charge >= 0.3 is 0 Å². The van der Waals surface area contributed by atoms with Crippen molar-refractivity contribution in [2.24, 2.45) is 0 Å². The summed E-state index contributed by atoms with van der Waals surface area (Å²) in [5.41, 5.74) is 0.550. The molecule has 4 aromatic rings. The number of fused-ring (bicyclic) bond motifs is 1. The van der Waals surface area contributed by atoms with Gasteiger partial charge in [0.1, 0.15) is 5.82 Å². The first-order valence-corrected chi connectivity index (χ1v) is 12.6. The minimum atomic E-state index is -0.741. The molecule has 3 heterocycles. The Kier molecular flexibility index (Phi) is 7.80. The van der Waals surface area contributed by atoms with Gasteiger partial charge in [-0.1, -0.05) is 12.6 Å². The normalized spacial score (nSPS) is 13.8. The maximum absolute atomic E-state index is 15.4. The molecule has 0 bridgehead atoms. The molecule has 1 fully saturated rings. The largest absolute Gasteiger partial charge is 0.395 e. The van der Waals surface area contributed by atoms with Crippen molar-refractivity contribution in [1.29, 1.82) is 0 Å². The number of rotatable bonds is 8. The number of β-amino-alcohol motifs (C(OH)–C–C–N with tert-alkyl or cyclic N) is 1. The monoisotopic (exact) mass is 547 g/mol. The number of halogens is 2. The molecule has 0 saturated carbocycles. The number of hydrogen-bond acceptors (Lipinski definition) is 8. The van der Waals surface area contributed by atoms with Gasteiger partial charge in [0.15, 0.2) is 16.9 Å². The Morgan fingerprint density at radius 2 is 1.90 bits per heavy atom. The van der Waals surface area contributed by atoms with Crippen LogP contribution in [0.25, 0.3) is 16.7 Å². The van der Waals surface area contributed by atoms with E-state index in [1.165, 1.54) is 41.2 Å². The Labute approximate surface area is 228 Å². The van der Waals surface area contributed by atoms with Gasteiger partial charge in [-0.05, 0) is 36.4 Å². The number of benzene rings is 2. The number of pyridine rings is 1. The van der Waals surface area contributed by atoms with Crippen molar-refractivity contribution in [3.05, 3.63) is 89.4 Å². The third kappa shape index (κ3) is 5.53. The maximum atomic E-state index is 15.4. The van der Waals surface area contributed by atoms with Gasteiger partial charge in [-0.2, -0.15) is 4.98 Å². The zero-order valence-electron chi connectivity index (χ0n) is 21.5. The average molecular weight is 548 g/mol. The molecule has 1 aliphatic heterocycles. The molecule has 3 N–H and O–H groups in total. The molecule has 5 rings (SSSR count). The summed E-state index contributed by atoms with van der Waals surface area (Å²) in [6.07, 6.45) is 3.69. The van der Waals surface area contributed by atoms with E-state index >= 15 is 8.78 Å². The molecular formula is C28H27F2N7O3. The fourth-order valence-corrected chi connectivity index (χ4v) is 4.57. The van der Waals surface area contributed by atoms with E-state index in [0.717, 1.165) is 24.9 Å². The molecule has 0 aliphatic carbocycles. The van der Waals surface area contributed by atoms with Gasteiger partial charge in [-0.15, -0.1) is 0 Å². The Balaban J connectivity index is 1.43. The second-order valence-corrected chi connectivity index (χ2v) is 9.15. The Bertz CT molecular complexity index is 1630. The van der Waals surface area contributed by atoms with Crippen LogP contribution in [0.4, 0.5) is 31.8 Å². The summed E-state index contributed by atoms with van der Waals surface area (Å²) in [6.45, 7) is 7.08. The standard InChI is InChI=1S/C28H27F2N7O3/c1-2-25(40)32-22-4-3-5-23(26(22)30)37-9-8-24(39)19-17-31-28(34-27(19)37)33-21-7-6-18(16-20(21)29)36-12-10-35(11-13-36)14-15-38/h2-9,16-17,38H,1,10-15H2,(H,32,40)(H,31,33,34). The quantitative estimate of drug-likeness (QED) is 0.289. The van der Waals surface area contributed by atoms with Gasteiger partial charge in [0, 0.05) is 56.9 Å². The Morgan fingerprint density at radius 1 is 1.10 bits per heavy atom.